The molecule has 0 saturated carbocycles. The summed E-state index contributed by atoms with van der Waals surface area (Å²) >= 11 is 0. The highest BCUT2D eigenvalue weighted by Gasteiger charge is 2.35. The summed E-state index contributed by atoms with van der Waals surface area (Å²) in [5.41, 5.74) is 2.72. The number of amides is 2. The first-order valence-corrected chi connectivity index (χ1v) is 8.82. The Morgan fingerprint density at radius 3 is 2.62 bits per heavy atom. The summed E-state index contributed by atoms with van der Waals surface area (Å²) in [6.07, 6.45) is 1.36. The smallest absolute Gasteiger partial charge is 0.255 e. The van der Waals surface area contributed by atoms with Gasteiger partial charge in [0.05, 0.1) is 0 Å². The number of carbonyl (C=O) groups excluding carboxylic acids is 3. The lowest BCUT2D eigenvalue weighted by atomic mass is 10.1. The minimum atomic E-state index is -0.541. The van der Waals surface area contributed by atoms with Gasteiger partial charge in [0.25, 0.3) is 5.91 Å². The molecule has 1 aliphatic rings. The van der Waals surface area contributed by atoms with Crippen molar-refractivity contribution in [2.75, 3.05) is 5.32 Å². The summed E-state index contributed by atoms with van der Waals surface area (Å²) in [4.78, 5) is 38.8. The zero-order valence-corrected chi connectivity index (χ0v) is 15.0. The van der Waals surface area contributed by atoms with Crippen LogP contribution >= 0.6 is 0 Å². The number of ketones is 1. The predicted octanol–water partition coefficient (Wildman–Crippen LogP) is 3.65. The van der Waals surface area contributed by atoms with Crippen LogP contribution in [0.3, 0.4) is 0 Å². The van der Waals surface area contributed by atoms with Gasteiger partial charge in [0.15, 0.2) is 5.78 Å². The SMILES string of the molecule is CCCC(C(=O)Nc1cccc(C(C)=O)c1)N1Cc2ccccc2C1=O. The van der Waals surface area contributed by atoms with E-state index in [4.69, 9.17) is 0 Å². The molecule has 2 aromatic rings. The fourth-order valence-corrected chi connectivity index (χ4v) is 3.27. The number of rotatable bonds is 6. The third kappa shape index (κ3) is 3.52. The van der Waals surface area contributed by atoms with Crippen LogP contribution < -0.4 is 5.32 Å². The summed E-state index contributed by atoms with van der Waals surface area (Å²) in [7, 11) is 0. The number of anilines is 1. The molecule has 0 aliphatic carbocycles. The van der Waals surface area contributed by atoms with Crippen LogP contribution in [0.5, 0.6) is 0 Å². The molecule has 134 valence electrons. The van der Waals surface area contributed by atoms with E-state index in [0.717, 1.165) is 12.0 Å². The zero-order valence-electron chi connectivity index (χ0n) is 15.0. The van der Waals surface area contributed by atoms with Crippen molar-refractivity contribution in [3.63, 3.8) is 0 Å². The molecule has 1 heterocycles. The molecule has 26 heavy (non-hydrogen) atoms. The molecule has 1 atom stereocenters. The second kappa shape index (κ2) is 7.52. The third-order valence-electron chi connectivity index (χ3n) is 4.63. The highest BCUT2D eigenvalue weighted by molar-refractivity contribution is 6.04. The number of hydrogen-bond acceptors (Lipinski definition) is 3. The van der Waals surface area contributed by atoms with Crippen molar-refractivity contribution in [3.05, 3.63) is 65.2 Å². The molecule has 0 fully saturated rings. The molecule has 0 bridgehead atoms. The van der Waals surface area contributed by atoms with Crippen LogP contribution in [-0.4, -0.2) is 28.5 Å². The zero-order chi connectivity index (χ0) is 18.7. The van der Waals surface area contributed by atoms with Gasteiger partial charge in [-0.15, -0.1) is 0 Å². The van der Waals surface area contributed by atoms with Crippen LogP contribution in [0, 0.1) is 0 Å². The molecule has 5 nitrogen and oxygen atoms in total. The molecule has 3 rings (SSSR count). The molecule has 0 aromatic heterocycles. The highest BCUT2D eigenvalue weighted by Crippen LogP contribution is 2.26. The van der Waals surface area contributed by atoms with Crippen molar-refractivity contribution in [2.24, 2.45) is 0 Å². The maximum atomic E-state index is 12.9. The minimum absolute atomic E-state index is 0.0589. The van der Waals surface area contributed by atoms with Crippen LogP contribution in [-0.2, 0) is 11.3 Å². The average molecular weight is 350 g/mol. The van der Waals surface area contributed by atoms with E-state index >= 15 is 0 Å². The maximum absolute atomic E-state index is 12.9. The van der Waals surface area contributed by atoms with E-state index in [1.165, 1.54) is 6.92 Å². The van der Waals surface area contributed by atoms with Gasteiger partial charge < -0.3 is 10.2 Å². The Kier molecular flexibility index (Phi) is 5.16. The Hall–Kier alpha value is -2.95. The lowest BCUT2D eigenvalue weighted by Gasteiger charge is -2.26. The molecule has 1 unspecified atom stereocenters. The molecular formula is C21H22N2O3. The number of nitrogens with one attached hydrogen (secondary N) is 1. The molecule has 1 aliphatic heterocycles. The molecule has 2 aromatic carbocycles. The van der Waals surface area contributed by atoms with Crippen LogP contribution in [0.15, 0.2) is 48.5 Å². The molecule has 0 radical (unpaired) electrons. The second-order valence-electron chi connectivity index (χ2n) is 6.52. The van der Waals surface area contributed by atoms with Crippen molar-refractivity contribution in [1.29, 1.82) is 0 Å². The Balaban J connectivity index is 1.80. The van der Waals surface area contributed by atoms with Gasteiger partial charge in [0.1, 0.15) is 6.04 Å². The Labute approximate surface area is 153 Å². The van der Waals surface area contributed by atoms with Gasteiger partial charge in [-0.3, -0.25) is 14.4 Å². The number of hydrogen-bond donors (Lipinski definition) is 1. The van der Waals surface area contributed by atoms with Crippen molar-refractivity contribution in [2.45, 2.75) is 39.3 Å². The lowest BCUT2D eigenvalue weighted by Crippen LogP contribution is -2.44. The summed E-state index contributed by atoms with van der Waals surface area (Å²) < 4.78 is 0. The molecule has 0 spiro atoms. The Bertz CT molecular complexity index is 860. The van der Waals surface area contributed by atoms with E-state index in [0.29, 0.717) is 29.8 Å². The Morgan fingerprint density at radius 2 is 1.92 bits per heavy atom. The highest BCUT2D eigenvalue weighted by atomic mass is 16.2. The van der Waals surface area contributed by atoms with Crippen LogP contribution in [0.2, 0.25) is 0 Å². The first-order valence-electron chi connectivity index (χ1n) is 8.82. The Morgan fingerprint density at radius 1 is 1.15 bits per heavy atom. The van der Waals surface area contributed by atoms with Gasteiger partial charge in [-0.2, -0.15) is 0 Å². The van der Waals surface area contributed by atoms with Gasteiger partial charge in [-0.1, -0.05) is 43.7 Å². The van der Waals surface area contributed by atoms with Gasteiger partial charge in [0, 0.05) is 23.4 Å². The number of Topliss-reactive ketones (excluding diaryl/α,β-unsaturated/α-hetero) is 1. The quantitative estimate of drug-likeness (QED) is 0.809. The summed E-state index contributed by atoms with van der Waals surface area (Å²) in [5, 5.41) is 2.86. The van der Waals surface area contributed by atoms with Gasteiger partial charge >= 0.3 is 0 Å². The summed E-state index contributed by atoms with van der Waals surface area (Å²) in [5.74, 6) is -0.392. The first-order chi connectivity index (χ1) is 12.5. The topological polar surface area (TPSA) is 66.5 Å². The van der Waals surface area contributed by atoms with Crippen molar-refractivity contribution >= 4 is 23.3 Å². The first kappa shape index (κ1) is 17.9. The molecule has 1 N–H and O–H groups in total. The fraction of sp³-hybridized carbons (Fsp3) is 0.286. The normalized spacial score (nSPS) is 14.1. The second-order valence-corrected chi connectivity index (χ2v) is 6.52. The molecule has 0 saturated heterocycles. The average Bonchev–Trinajstić information content (AvgIpc) is 2.96. The molecular weight excluding hydrogens is 328 g/mol. The van der Waals surface area contributed by atoms with Crippen LogP contribution in [0.4, 0.5) is 5.69 Å². The molecule has 2 amide bonds. The van der Waals surface area contributed by atoms with Crippen LogP contribution in [0.25, 0.3) is 0 Å². The van der Waals surface area contributed by atoms with Gasteiger partial charge in [0.2, 0.25) is 5.91 Å². The van der Waals surface area contributed by atoms with Gasteiger partial charge in [-0.25, -0.2) is 0 Å². The third-order valence-corrected chi connectivity index (χ3v) is 4.63. The van der Waals surface area contributed by atoms with E-state index in [1.807, 2.05) is 25.1 Å². The van der Waals surface area contributed by atoms with E-state index in [-0.39, 0.29) is 17.6 Å². The van der Waals surface area contributed by atoms with E-state index < -0.39 is 6.04 Å². The van der Waals surface area contributed by atoms with Crippen molar-refractivity contribution in [3.8, 4) is 0 Å². The summed E-state index contributed by atoms with van der Waals surface area (Å²) in [6.45, 7) is 3.92. The largest absolute Gasteiger partial charge is 0.324 e. The number of fused-ring (bicyclic) bond motifs is 1. The maximum Gasteiger partial charge on any atom is 0.255 e. The van der Waals surface area contributed by atoms with E-state index in [9.17, 15) is 14.4 Å². The van der Waals surface area contributed by atoms with Gasteiger partial charge in [-0.05, 0) is 37.1 Å². The van der Waals surface area contributed by atoms with Crippen LogP contribution in [0.1, 0.15) is 53.0 Å². The van der Waals surface area contributed by atoms with Crippen molar-refractivity contribution < 1.29 is 14.4 Å². The fourth-order valence-electron chi connectivity index (χ4n) is 3.27. The lowest BCUT2D eigenvalue weighted by molar-refractivity contribution is -0.120. The summed E-state index contributed by atoms with van der Waals surface area (Å²) in [6, 6.07) is 13.8. The minimum Gasteiger partial charge on any atom is -0.324 e. The molecule has 5 heteroatoms. The predicted molar refractivity (Wildman–Crippen MR) is 100 cm³/mol. The monoisotopic (exact) mass is 350 g/mol. The number of benzene rings is 2. The van der Waals surface area contributed by atoms with E-state index in [1.54, 1.807) is 35.2 Å². The number of carbonyl (C=O) groups is 3. The standard InChI is InChI=1S/C21H22N2O3/c1-3-7-19(23-13-16-8-4-5-11-18(16)21(23)26)20(25)22-17-10-6-9-15(12-17)14(2)24/h4-6,8-12,19H,3,7,13H2,1-2H3,(H,22,25). The number of nitrogens with zero attached hydrogens (tertiary/aromatic N) is 1. The van der Waals surface area contributed by atoms with Crippen molar-refractivity contribution in [1.82, 2.24) is 4.90 Å². The van der Waals surface area contributed by atoms with E-state index in [2.05, 4.69) is 5.32 Å².